The van der Waals surface area contributed by atoms with Crippen LogP contribution < -0.4 is 0 Å². The summed E-state index contributed by atoms with van der Waals surface area (Å²) in [6.45, 7) is 18.5. The van der Waals surface area contributed by atoms with E-state index in [9.17, 15) is 24.3 Å². The van der Waals surface area contributed by atoms with Crippen molar-refractivity contribution in [1.29, 1.82) is 0 Å². The van der Waals surface area contributed by atoms with Crippen LogP contribution in [0.25, 0.3) is 0 Å². The van der Waals surface area contributed by atoms with Crippen LogP contribution >= 0.6 is 0 Å². The molecule has 9 nitrogen and oxygen atoms in total. The Kier molecular flexibility index (Phi) is 10.2. The van der Waals surface area contributed by atoms with E-state index in [1.807, 2.05) is 20.8 Å². The fourth-order valence-corrected chi connectivity index (χ4v) is 10.8. The molecule has 45 heavy (non-hydrogen) atoms. The molecule has 0 aliphatic heterocycles. The molecule has 4 fully saturated rings. The summed E-state index contributed by atoms with van der Waals surface area (Å²) in [5.41, 5.74) is -2.84. The highest BCUT2D eigenvalue weighted by Gasteiger charge is 2.72. The Labute approximate surface area is 269 Å². The molecule has 4 saturated carbocycles. The average molecular weight is 635 g/mol. The molecule has 0 aromatic heterocycles. The third-order valence-corrected chi connectivity index (χ3v) is 13.2. The smallest absolute Gasteiger partial charge is 0.303 e. The quantitative estimate of drug-likeness (QED) is 0.234. The van der Waals surface area contributed by atoms with E-state index in [0.717, 1.165) is 38.5 Å². The molecule has 1 N–H and O–H groups in total. The van der Waals surface area contributed by atoms with Gasteiger partial charge in [-0.1, -0.05) is 34.1 Å². The van der Waals surface area contributed by atoms with Gasteiger partial charge in [-0.25, -0.2) is 0 Å². The molecular formula is C36H58O9. The van der Waals surface area contributed by atoms with Crippen LogP contribution in [0.4, 0.5) is 0 Å². The van der Waals surface area contributed by atoms with E-state index < -0.39 is 52.8 Å². The lowest BCUT2D eigenvalue weighted by molar-refractivity contribution is -0.300. The summed E-state index contributed by atoms with van der Waals surface area (Å²) in [5.74, 6) is 0.226. The zero-order valence-electron chi connectivity index (χ0n) is 29.3. The highest BCUT2D eigenvalue weighted by molar-refractivity contribution is 5.68. The maximum Gasteiger partial charge on any atom is 0.303 e. The van der Waals surface area contributed by atoms with Gasteiger partial charge < -0.3 is 24.1 Å². The van der Waals surface area contributed by atoms with Crippen LogP contribution in [-0.2, 0) is 38.1 Å². The van der Waals surface area contributed by atoms with Gasteiger partial charge in [0, 0.05) is 46.0 Å². The van der Waals surface area contributed by atoms with Gasteiger partial charge in [-0.3, -0.25) is 19.2 Å². The Morgan fingerprint density at radius 1 is 0.800 bits per heavy atom. The number of hydrogen-bond acceptors (Lipinski definition) is 9. The minimum Gasteiger partial charge on any atom is -0.462 e. The number of fused-ring (bicyclic) bond motifs is 5. The lowest BCUT2D eigenvalue weighted by Gasteiger charge is -2.67. The highest BCUT2D eigenvalue weighted by Crippen LogP contribution is 2.70. The summed E-state index contributed by atoms with van der Waals surface area (Å²) in [5, 5.41) is 12.7. The number of ether oxygens (including phenoxy) is 4. The number of carbonyl (C=O) groups excluding carboxylic acids is 4. The summed E-state index contributed by atoms with van der Waals surface area (Å²) in [4.78, 5) is 48.5. The topological polar surface area (TPSA) is 125 Å². The molecule has 0 heterocycles. The molecule has 0 spiro atoms. The molecule has 12 atom stereocenters. The first-order valence-electron chi connectivity index (χ1n) is 17.2. The number of hydrogen-bond donors (Lipinski definition) is 1. The Balaban J connectivity index is 1.63. The number of rotatable bonds is 9. The van der Waals surface area contributed by atoms with Crippen molar-refractivity contribution in [3.63, 3.8) is 0 Å². The predicted molar refractivity (Wildman–Crippen MR) is 168 cm³/mol. The van der Waals surface area contributed by atoms with Gasteiger partial charge in [-0.05, 0) is 93.3 Å². The fourth-order valence-electron chi connectivity index (χ4n) is 10.8. The first kappa shape index (κ1) is 35.7. The summed E-state index contributed by atoms with van der Waals surface area (Å²) >= 11 is 0. The first-order valence-corrected chi connectivity index (χ1v) is 17.2. The van der Waals surface area contributed by atoms with Crippen LogP contribution in [-0.4, -0.2) is 58.5 Å². The van der Waals surface area contributed by atoms with Gasteiger partial charge in [0.1, 0.15) is 29.5 Å². The second kappa shape index (κ2) is 12.8. The maximum atomic E-state index is 12.7. The summed E-state index contributed by atoms with van der Waals surface area (Å²) in [7, 11) is 0. The van der Waals surface area contributed by atoms with Gasteiger partial charge in [0.15, 0.2) is 0 Å². The monoisotopic (exact) mass is 634 g/mol. The molecule has 256 valence electrons. The molecule has 4 rings (SSSR count). The zero-order valence-corrected chi connectivity index (χ0v) is 29.3. The zero-order chi connectivity index (χ0) is 33.7. The first-order chi connectivity index (χ1) is 20.8. The fraction of sp³-hybridized carbons (Fsp3) is 0.889. The normalized spacial score (nSPS) is 40.6. The van der Waals surface area contributed by atoms with E-state index in [4.69, 9.17) is 18.9 Å². The molecule has 0 aromatic rings. The predicted octanol–water partition coefficient (Wildman–Crippen LogP) is 6.17. The SMILES string of the molecule is CC(=O)OC1CC(OC(C)=O)C2(C)C3CCC4(C)C(C(C)CCC(C)C(C)(C)OC(C)=O)CCC4C3CC(OC(C)=O)C2(O)C1. The molecule has 0 radical (unpaired) electrons. The minimum atomic E-state index is -1.53. The average Bonchev–Trinajstić information content (AvgIpc) is 3.25. The van der Waals surface area contributed by atoms with Crippen molar-refractivity contribution >= 4 is 23.9 Å². The van der Waals surface area contributed by atoms with Crippen molar-refractivity contribution in [1.82, 2.24) is 0 Å². The lowest BCUT2D eigenvalue weighted by Crippen LogP contribution is -2.73. The second-order valence-corrected chi connectivity index (χ2v) is 16.1. The third kappa shape index (κ3) is 6.53. The molecule has 4 aliphatic rings. The van der Waals surface area contributed by atoms with Crippen LogP contribution in [0.2, 0.25) is 0 Å². The van der Waals surface area contributed by atoms with Crippen LogP contribution in [0.5, 0.6) is 0 Å². The Morgan fingerprint density at radius 2 is 1.40 bits per heavy atom. The Hall–Kier alpha value is -2.16. The van der Waals surface area contributed by atoms with Crippen LogP contribution in [0.15, 0.2) is 0 Å². The van der Waals surface area contributed by atoms with Crippen molar-refractivity contribution in [3.8, 4) is 0 Å². The molecule has 0 aromatic carbocycles. The summed E-state index contributed by atoms with van der Waals surface area (Å²) in [6.07, 6.45) is 4.90. The van der Waals surface area contributed by atoms with Crippen LogP contribution in [0.1, 0.15) is 127 Å². The van der Waals surface area contributed by atoms with Crippen molar-refractivity contribution in [2.24, 2.45) is 46.3 Å². The summed E-state index contributed by atoms with van der Waals surface area (Å²) in [6, 6.07) is 0. The largest absolute Gasteiger partial charge is 0.462 e. The van der Waals surface area contributed by atoms with Crippen LogP contribution in [0, 0.1) is 46.3 Å². The second-order valence-electron chi connectivity index (χ2n) is 16.1. The van der Waals surface area contributed by atoms with E-state index in [2.05, 4.69) is 20.8 Å². The molecule has 0 bridgehead atoms. The molecule has 4 aliphatic carbocycles. The molecule has 9 heteroatoms. The van der Waals surface area contributed by atoms with Gasteiger partial charge >= 0.3 is 23.9 Å². The number of carbonyl (C=O) groups is 4. The highest BCUT2D eigenvalue weighted by atomic mass is 16.6. The Morgan fingerprint density at radius 3 is 1.98 bits per heavy atom. The van der Waals surface area contributed by atoms with E-state index in [1.165, 1.54) is 27.7 Å². The standard InChI is InChI=1S/C36H58O9/c1-20(11-12-21(2)33(7,8)45-25(6)40)28-13-14-29-27-18-32(44-24(5)39)36(41)19-26(42-22(3)37)17-31(43-23(4)38)35(36,10)30(27)15-16-34(28,29)9/h20-21,26-32,41H,11-19H2,1-10H3. The van der Waals surface area contributed by atoms with Gasteiger partial charge in [-0.2, -0.15) is 0 Å². The lowest BCUT2D eigenvalue weighted by atomic mass is 9.41. The van der Waals surface area contributed by atoms with Crippen LogP contribution in [0.3, 0.4) is 0 Å². The van der Waals surface area contributed by atoms with E-state index in [1.54, 1.807) is 0 Å². The van der Waals surface area contributed by atoms with Crippen molar-refractivity contribution in [2.45, 2.75) is 157 Å². The minimum absolute atomic E-state index is 0.0496. The number of esters is 4. The molecule has 0 saturated heterocycles. The molecule has 12 unspecified atom stereocenters. The van der Waals surface area contributed by atoms with Crippen molar-refractivity contribution in [2.75, 3.05) is 0 Å². The number of aliphatic hydroxyl groups is 1. The van der Waals surface area contributed by atoms with E-state index >= 15 is 0 Å². The maximum absolute atomic E-state index is 12.7. The van der Waals surface area contributed by atoms with Gasteiger partial charge in [0.25, 0.3) is 0 Å². The van der Waals surface area contributed by atoms with E-state index in [-0.39, 0.29) is 35.6 Å². The van der Waals surface area contributed by atoms with Gasteiger partial charge in [-0.15, -0.1) is 0 Å². The molecular weight excluding hydrogens is 576 g/mol. The van der Waals surface area contributed by atoms with E-state index in [0.29, 0.717) is 30.6 Å². The Bertz CT molecular complexity index is 1150. The van der Waals surface area contributed by atoms with Gasteiger partial charge in [0.2, 0.25) is 0 Å². The van der Waals surface area contributed by atoms with Gasteiger partial charge in [0.05, 0.1) is 0 Å². The summed E-state index contributed by atoms with van der Waals surface area (Å²) < 4.78 is 23.2. The molecule has 0 amide bonds. The van der Waals surface area contributed by atoms with Crippen molar-refractivity contribution in [3.05, 3.63) is 0 Å². The van der Waals surface area contributed by atoms with Crippen molar-refractivity contribution < 1.29 is 43.2 Å². The third-order valence-electron chi connectivity index (χ3n) is 13.2.